The quantitative estimate of drug-likeness (QED) is 0.847. The SMILES string of the molecule is COc1ccc(C(O)CNC(=O)C2(c3cccc(F)c3)CCC2)cc1. The number of benzene rings is 2. The van der Waals surface area contributed by atoms with Gasteiger partial charge in [-0.15, -0.1) is 0 Å². The summed E-state index contributed by atoms with van der Waals surface area (Å²) in [6.07, 6.45) is 1.52. The van der Waals surface area contributed by atoms with Crippen LogP contribution >= 0.6 is 0 Å². The van der Waals surface area contributed by atoms with Gasteiger partial charge >= 0.3 is 0 Å². The Labute approximate surface area is 146 Å². The summed E-state index contributed by atoms with van der Waals surface area (Å²) in [7, 11) is 1.58. The second-order valence-electron chi connectivity index (χ2n) is 6.44. The van der Waals surface area contributed by atoms with Gasteiger partial charge in [-0.3, -0.25) is 4.79 Å². The van der Waals surface area contributed by atoms with Crippen molar-refractivity contribution < 1.29 is 19.0 Å². The van der Waals surface area contributed by atoms with Crippen LogP contribution in [0.5, 0.6) is 5.75 Å². The minimum absolute atomic E-state index is 0.113. The lowest BCUT2D eigenvalue weighted by Crippen LogP contribution is -2.50. The number of halogens is 1. The van der Waals surface area contributed by atoms with Gasteiger partial charge in [0.15, 0.2) is 0 Å². The fraction of sp³-hybridized carbons (Fsp3) is 0.350. The lowest BCUT2D eigenvalue weighted by Gasteiger charge is -2.41. The van der Waals surface area contributed by atoms with E-state index in [1.54, 1.807) is 43.5 Å². The van der Waals surface area contributed by atoms with Gasteiger partial charge in [-0.25, -0.2) is 4.39 Å². The molecule has 1 unspecified atom stereocenters. The zero-order valence-corrected chi connectivity index (χ0v) is 14.2. The molecule has 0 aromatic heterocycles. The van der Waals surface area contributed by atoms with Crippen LogP contribution in [0.25, 0.3) is 0 Å². The first-order valence-corrected chi connectivity index (χ1v) is 8.41. The van der Waals surface area contributed by atoms with Crippen LogP contribution in [-0.2, 0) is 10.2 Å². The first kappa shape index (κ1) is 17.4. The van der Waals surface area contributed by atoms with Crippen molar-refractivity contribution in [3.63, 3.8) is 0 Å². The molecule has 5 heteroatoms. The van der Waals surface area contributed by atoms with Crippen LogP contribution in [0.4, 0.5) is 4.39 Å². The topological polar surface area (TPSA) is 58.6 Å². The molecule has 0 radical (unpaired) electrons. The Balaban J connectivity index is 1.66. The van der Waals surface area contributed by atoms with Crippen LogP contribution < -0.4 is 10.1 Å². The molecule has 1 aliphatic carbocycles. The third kappa shape index (κ3) is 3.51. The lowest BCUT2D eigenvalue weighted by atomic mass is 9.63. The molecule has 1 atom stereocenters. The van der Waals surface area contributed by atoms with Crippen molar-refractivity contribution >= 4 is 5.91 Å². The summed E-state index contributed by atoms with van der Waals surface area (Å²) >= 11 is 0. The van der Waals surface area contributed by atoms with E-state index in [0.29, 0.717) is 29.7 Å². The Bertz CT molecular complexity index is 741. The molecular formula is C20H22FNO3. The largest absolute Gasteiger partial charge is 0.497 e. The first-order chi connectivity index (χ1) is 12.0. The molecule has 0 spiro atoms. The van der Waals surface area contributed by atoms with Crippen molar-refractivity contribution in [2.45, 2.75) is 30.8 Å². The maximum Gasteiger partial charge on any atom is 0.230 e. The summed E-state index contributed by atoms with van der Waals surface area (Å²) in [6, 6.07) is 13.3. The third-order valence-corrected chi connectivity index (χ3v) is 4.98. The Morgan fingerprint density at radius 2 is 2.00 bits per heavy atom. The van der Waals surface area contributed by atoms with E-state index in [1.807, 2.05) is 0 Å². The molecule has 3 rings (SSSR count). The van der Waals surface area contributed by atoms with Gasteiger partial charge in [-0.1, -0.05) is 30.7 Å². The number of hydrogen-bond donors (Lipinski definition) is 2. The second-order valence-corrected chi connectivity index (χ2v) is 6.44. The maximum atomic E-state index is 13.5. The van der Waals surface area contributed by atoms with E-state index in [1.165, 1.54) is 12.1 Å². The van der Waals surface area contributed by atoms with E-state index in [-0.39, 0.29) is 18.3 Å². The zero-order chi connectivity index (χ0) is 17.9. The molecule has 4 nitrogen and oxygen atoms in total. The summed E-state index contributed by atoms with van der Waals surface area (Å²) in [5.41, 5.74) is 0.728. The highest BCUT2D eigenvalue weighted by Gasteiger charge is 2.45. The molecule has 0 bridgehead atoms. The van der Waals surface area contributed by atoms with Gasteiger partial charge < -0.3 is 15.2 Å². The number of rotatable bonds is 6. The Morgan fingerprint density at radius 1 is 1.28 bits per heavy atom. The fourth-order valence-corrected chi connectivity index (χ4v) is 3.27. The van der Waals surface area contributed by atoms with Gasteiger partial charge in [0.1, 0.15) is 11.6 Å². The number of carbonyl (C=O) groups excluding carboxylic acids is 1. The molecule has 2 aromatic rings. The minimum atomic E-state index is -0.806. The van der Waals surface area contributed by atoms with Gasteiger partial charge in [0.25, 0.3) is 0 Å². The van der Waals surface area contributed by atoms with Crippen molar-refractivity contribution in [2.75, 3.05) is 13.7 Å². The number of ether oxygens (including phenoxy) is 1. The summed E-state index contributed by atoms with van der Waals surface area (Å²) in [6.45, 7) is 0.113. The van der Waals surface area contributed by atoms with E-state index in [9.17, 15) is 14.3 Å². The average Bonchev–Trinajstić information content (AvgIpc) is 2.59. The van der Waals surface area contributed by atoms with Crippen molar-refractivity contribution in [3.05, 3.63) is 65.5 Å². The number of amides is 1. The van der Waals surface area contributed by atoms with E-state index in [2.05, 4.69) is 5.32 Å². The first-order valence-electron chi connectivity index (χ1n) is 8.41. The minimum Gasteiger partial charge on any atom is -0.497 e. The Morgan fingerprint density at radius 3 is 2.56 bits per heavy atom. The van der Waals surface area contributed by atoms with Gasteiger partial charge in [-0.05, 0) is 48.2 Å². The zero-order valence-electron chi connectivity index (χ0n) is 14.2. The smallest absolute Gasteiger partial charge is 0.230 e. The van der Waals surface area contributed by atoms with Crippen LogP contribution in [0, 0.1) is 5.82 Å². The number of methoxy groups -OCH3 is 1. The van der Waals surface area contributed by atoms with Crippen LogP contribution in [0.1, 0.15) is 36.5 Å². The summed E-state index contributed by atoms with van der Waals surface area (Å²) in [4.78, 5) is 12.7. The molecular weight excluding hydrogens is 321 g/mol. The normalized spacial score (nSPS) is 16.6. The second kappa shape index (κ2) is 7.23. The molecule has 25 heavy (non-hydrogen) atoms. The molecule has 0 aliphatic heterocycles. The van der Waals surface area contributed by atoms with Crippen molar-refractivity contribution in [1.82, 2.24) is 5.32 Å². The number of hydrogen-bond acceptors (Lipinski definition) is 3. The molecule has 1 aliphatic rings. The summed E-state index contributed by atoms with van der Waals surface area (Å²) in [5.74, 6) is 0.214. The Kier molecular flexibility index (Phi) is 5.04. The standard InChI is InChI=1S/C20H22FNO3/c1-25-17-8-6-14(7-9-17)18(23)13-22-19(24)20(10-3-11-20)15-4-2-5-16(21)12-15/h2,4-9,12,18,23H,3,10-11,13H2,1H3,(H,22,24). The molecule has 1 saturated carbocycles. The lowest BCUT2D eigenvalue weighted by molar-refractivity contribution is -0.130. The molecule has 1 fully saturated rings. The van der Waals surface area contributed by atoms with Gasteiger partial charge in [0, 0.05) is 6.54 Å². The summed E-state index contributed by atoms with van der Waals surface area (Å²) < 4.78 is 18.6. The predicted octanol–water partition coefficient (Wildman–Crippen LogP) is 3.11. The van der Waals surface area contributed by atoms with E-state index in [4.69, 9.17) is 4.74 Å². The number of nitrogens with one attached hydrogen (secondary N) is 1. The van der Waals surface area contributed by atoms with Crippen molar-refractivity contribution in [2.24, 2.45) is 0 Å². The average molecular weight is 343 g/mol. The highest BCUT2D eigenvalue weighted by atomic mass is 19.1. The molecule has 0 saturated heterocycles. The fourth-order valence-electron chi connectivity index (χ4n) is 3.27. The molecule has 0 heterocycles. The molecule has 132 valence electrons. The van der Waals surface area contributed by atoms with Gasteiger partial charge in [-0.2, -0.15) is 0 Å². The molecule has 2 N–H and O–H groups in total. The van der Waals surface area contributed by atoms with E-state index in [0.717, 1.165) is 6.42 Å². The summed E-state index contributed by atoms with van der Waals surface area (Å²) in [5, 5.41) is 13.1. The predicted molar refractivity (Wildman–Crippen MR) is 92.9 cm³/mol. The van der Waals surface area contributed by atoms with Crippen LogP contribution in [0.15, 0.2) is 48.5 Å². The number of aliphatic hydroxyl groups is 1. The number of carbonyl (C=O) groups is 1. The molecule has 1 amide bonds. The highest BCUT2D eigenvalue weighted by Crippen LogP contribution is 2.44. The maximum absolute atomic E-state index is 13.5. The van der Waals surface area contributed by atoms with E-state index < -0.39 is 11.5 Å². The molecule has 2 aromatic carbocycles. The van der Waals surface area contributed by atoms with Crippen molar-refractivity contribution in [3.8, 4) is 5.75 Å². The van der Waals surface area contributed by atoms with Crippen LogP contribution in [0.3, 0.4) is 0 Å². The van der Waals surface area contributed by atoms with Gasteiger partial charge in [0.2, 0.25) is 5.91 Å². The van der Waals surface area contributed by atoms with Crippen LogP contribution in [0.2, 0.25) is 0 Å². The highest BCUT2D eigenvalue weighted by molar-refractivity contribution is 5.89. The Hall–Kier alpha value is -2.40. The number of aliphatic hydroxyl groups excluding tert-OH is 1. The van der Waals surface area contributed by atoms with Gasteiger partial charge in [0.05, 0.1) is 18.6 Å². The third-order valence-electron chi connectivity index (χ3n) is 4.98. The van der Waals surface area contributed by atoms with E-state index >= 15 is 0 Å². The van der Waals surface area contributed by atoms with Crippen LogP contribution in [-0.4, -0.2) is 24.7 Å². The van der Waals surface area contributed by atoms with Crippen molar-refractivity contribution in [1.29, 1.82) is 0 Å². The monoisotopic (exact) mass is 343 g/mol.